The third-order valence-corrected chi connectivity index (χ3v) is 4.60. The molecule has 6 heteroatoms. The molecule has 1 saturated heterocycles. The standard InChI is InChI=1S/C20H20N4O2/c21-12-15-3-5-18(6-4-15)20(26)24-10-7-17(8-11-24)19(25)23-14-16-2-1-9-22-13-16/h1-6,9,13,17H,7-8,10-11,14H2,(H,23,25). The lowest BCUT2D eigenvalue weighted by Crippen LogP contribution is -2.42. The number of nitriles is 1. The van der Waals surface area contributed by atoms with Crippen LogP contribution in [0.3, 0.4) is 0 Å². The lowest BCUT2D eigenvalue weighted by molar-refractivity contribution is -0.126. The van der Waals surface area contributed by atoms with Gasteiger partial charge in [-0.1, -0.05) is 6.07 Å². The van der Waals surface area contributed by atoms with E-state index < -0.39 is 0 Å². The number of nitrogens with zero attached hydrogens (tertiary/aromatic N) is 3. The Morgan fingerprint density at radius 2 is 1.92 bits per heavy atom. The Balaban J connectivity index is 1.49. The molecule has 2 aromatic rings. The average molecular weight is 348 g/mol. The smallest absolute Gasteiger partial charge is 0.253 e. The largest absolute Gasteiger partial charge is 0.352 e. The van der Waals surface area contributed by atoms with Gasteiger partial charge in [-0.2, -0.15) is 5.26 Å². The minimum Gasteiger partial charge on any atom is -0.352 e. The number of carbonyl (C=O) groups excluding carboxylic acids is 2. The first-order valence-corrected chi connectivity index (χ1v) is 8.63. The summed E-state index contributed by atoms with van der Waals surface area (Å²) in [6.45, 7) is 1.59. The van der Waals surface area contributed by atoms with E-state index in [-0.39, 0.29) is 17.7 Å². The van der Waals surface area contributed by atoms with Gasteiger partial charge in [-0.05, 0) is 48.7 Å². The lowest BCUT2D eigenvalue weighted by Gasteiger charge is -2.31. The van der Waals surface area contributed by atoms with Crippen LogP contribution in [0.15, 0.2) is 48.8 Å². The second kappa shape index (κ2) is 8.26. The number of benzene rings is 1. The maximum Gasteiger partial charge on any atom is 0.253 e. The van der Waals surface area contributed by atoms with Gasteiger partial charge in [-0.15, -0.1) is 0 Å². The summed E-state index contributed by atoms with van der Waals surface area (Å²) < 4.78 is 0. The maximum absolute atomic E-state index is 12.5. The molecule has 1 aromatic heterocycles. The highest BCUT2D eigenvalue weighted by Crippen LogP contribution is 2.19. The SMILES string of the molecule is N#Cc1ccc(C(=O)N2CCC(C(=O)NCc3cccnc3)CC2)cc1. The van der Waals surface area contributed by atoms with Crippen molar-refractivity contribution in [3.63, 3.8) is 0 Å². The third kappa shape index (κ3) is 4.25. The average Bonchev–Trinajstić information content (AvgIpc) is 2.72. The van der Waals surface area contributed by atoms with Crippen LogP contribution in [0.1, 0.15) is 34.3 Å². The van der Waals surface area contributed by atoms with Crippen LogP contribution < -0.4 is 5.32 Å². The van der Waals surface area contributed by atoms with Crippen molar-refractivity contribution in [1.82, 2.24) is 15.2 Å². The summed E-state index contributed by atoms with van der Waals surface area (Å²) in [4.78, 5) is 30.6. The molecule has 0 spiro atoms. The van der Waals surface area contributed by atoms with Crippen molar-refractivity contribution < 1.29 is 9.59 Å². The van der Waals surface area contributed by atoms with Gasteiger partial charge in [0.2, 0.25) is 5.91 Å². The Morgan fingerprint density at radius 1 is 1.19 bits per heavy atom. The van der Waals surface area contributed by atoms with Gasteiger partial charge in [0.1, 0.15) is 0 Å². The molecule has 132 valence electrons. The Hall–Kier alpha value is -3.20. The molecule has 1 N–H and O–H groups in total. The van der Waals surface area contributed by atoms with Crippen LogP contribution in [0.2, 0.25) is 0 Å². The zero-order chi connectivity index (χ0) is 18.4. The topological polar surface area (TPSA) is 86.1 Å². The summed E-state index contributed by atoms with van der Waals surface area (Å²) in [6, 6.07) is 12.4. The predicted molar refractivity (Wildman–Crippen MR) is 95.9 cm³/mol. The number of piperidine rings is 1. The molecule has 0 atom stereocenters. The molecule has 1 aliphatic rings. The summed E-state index contributed by atoms with van der Waals surface area (Å²) in [5.41, 5.74) is 2.07. The van der Waals surface area contributed by atoms with Gasteiger partial charge in [0, 0.05) is 43.5 Å². The third-order valence-electron chi connectivity index (χ3n) is 4.60. The fourth-order valence-electron chi connectivity index (χ4n) is 3.05. The van der Waals surface area contributed by atoms with Crippen molar-refractivity contribution in [1.29, 1.82) is 5.26 Å². The van der Waals surface area contributed by atoms with Crippen molar-refractivity contribution in [3.8, 4) is 6.07 Å². The Kier molecular flexibility index (Phi) is 5.59. The molecule has 0 unspecified atom stereocenters. The minimum atomic E-state index is -0.0725. The van der Waals surface area contributed by atoms with Gasteiger partial charge in [0.15, 0.2) is 0 Å². The first-order valence-electron chi connectivity index (χ1n) is 8.63. The molecule has 0 bridgehead atoms. The van der Waals surface area contributed by atoms with Gasteiger partial charge in [0.05, 0.1) is 11.6 Å². The van der Waals surface area contributed by atoms with Gasteiger partial charge in [-0.3, -0.25) is 14.6 Å². The van der Waals surface area contributed by atoms with Crippen LogP contribution in [0.25, 0.3) is 0 Å². The van der Waals surface area contributed by atoms with E-state index in [1.807, 2.05) is 18.2 Å². The van der Waals surface area contributed by atoms with Crippen molar-refractivity contribution in [2.45, 2.75) is 19.4 Å². The second-order valence-corrected chi connectivity index (χ2v) is 6.33. The van der Waals surface area contributed by atoms with E-state index in [0.717, 1.165) is 5.56 Å². The van der Waals surface area contributed by atoms with Crippen LogP contribution >= 0.6 is 0 Å². The molecule has 2 amide bonds. The monoisotopic (exact) mass is 348 g/mol. The molecule has 1 aromatic carbocycles. The highest BCUT2D eigenvalue weighted by atomic mass is 16.2. The summed E-state index contributed by atoms with van der Waals surface area (Å²) in [7, 11) is 0. The van der Waals surface area contributed by atoms with Crippen molar-refractivity contribution in [2.75, 3.05) is 13.1 Å². The Bertz CT molecular complexity index is 804. The van der Waals surface area contributed by atoms with Gasteiger partial charge in [0.25, 0.3) is 5.91 Å². The first kappa shape index (κ1) is 17.6. The quantitative estimate of drug-likeness (QED) is 0.917. The second-order valence-electron chi connectivity index (χ2n) is 6.33. The van der Waals surface area contributed by atoms with Gasteiger partial charge < -0.3 is 10.2 Å². The molecule has 2 heterocycles. The highest BCUT2D eigenvalue weighted by Gasteiger charge is 2.27. The number of rotatable bonds is 4. The number of carbonyl (C=O) groups is 2. The van der Waals surface area contributed by atoms with Crippen molar-refractivity contribution in [3.05, 3.63) is 65.5 Å². The van der Waals surface area contributed by atoms with Crippen molar-refractivity contribution >= 4 is 11.8 Å². The molecule has 1 fully saturated rings. The molecular weight excluding hydrogens is 328 g/mol. The molecule has 0 radical (unpaired) electrons. The van der Waals surface area contributed by atoms with E-state index in [1.165, 1.54) is 0 Å². The van der Waals surface area contributed by atoms with E-state index in [4.69, 9.17) is 5.26 Å². The van der Waals surface area contributed by atoms with Gasteiger partial charge >= 0.3 is 0 Å². The van der Waals surface area contributed by atoms with Crippen LogP contribution in [-0.2, 0) is 11.3 Å². The summed E-state index contributed by atoms with van der Waals surface area (Å²) in [6.07, 6.45) is 4.74. The Labute approximate surface area is 152 Å². The number of hydrogen-bond acceptors (Lipinski definition) is 4. The molecule has 26 heavy (non-hydrogen) atoms. The number of aromatic nitrogens is 1. The van der Waals surface area contributed by atoms with Crippen LogP contribution in [0.5, 0.6) is 0 Å². The molecule has 0 saturated carbocycles. The van der Waals surface area contributed by atoms with Gasteiger partial charge in [-0.25, -0.2) is 0 Å². The van der Waals surface area contributed by atoms with Crippen LogP contribution in [-0.4, -0.2) is 34.8 Å². The molecule has 6 nitrogen and oxygen atoms in total. The normalized spacial score (nSPS) is 14.5. The molecule has 1 aliphatic heterocycles. The fourth-order valence-corrected chi connectivity index (χ4v) is 3.05. The molecular formula is C20H20N4O2. The zero-order valence-corrected chi connectivity index (χ0v) is 14.4. The predicted octanol–water partition coefficient (Wildman–Crippen LogP) is 2.12. The summed E-state index contributed by atoms with van der Waals surface area (Å²) in [5, 5.41) is 11.8. The highest BCUT2D eigenvalue weighted by molar-refractivity contribution is 5.94. The number of nitrogens with one attached hydrogen (secondary N) is 1. The Morgan fingerprint density at radius 3 is 2.54 bits per heavy atom. The zero-order valence-electron chi connectivity index (χ0n) is 14.4. The number of hydrogen-bond donors (Lipinski definition) is 1. The minimum absolute atomic E-state index is 0.0272. The first-order chi connectivity index (χ1) is 12.7. The molecule has 0 aliphatic carbocycles. The van der Waals surface area contributed by atoms with E-state index in [2.05, 4.69) is 10.3 Å². The summed E-state index contributed by atoms with van der Waals surface area (Å²) in [5.74, 6) is -0.0975. The van der Waals surface area contributed by atoms with Crippen molar-refractivity contribution in [2.24, 2.45) is 5.92 Å². The lowest BCUT2D eigenvalue weighted by atomic mass is 9.95. The molecule has 3 rings (SSSR count). The number of amides is 2. The number of pyridine rings is 1. The summed E-state index contributed by atoms with van der Waals surface area (Å²) >= 11 is 0. The maximum atomic E-state index is 12.5. The fraction of sp³-hybridized carbons (Fsp3) is 0.300. The van der Waals surface area contributed by atoms with E-state index in [0.29, 0.717) is 43.6 Å². The van der Waals surface area contributed by atoms with E-state index >= 15 is 0 Å². The van der Waals surface area contributed by atoms with Crippen LogP contribution in [0.4, 0.5) is 0 Å². The van der Waals surface area contributed by atoms with Crippen LogP contribution in [0, 0.1) is 17.2 Å². The van der Waals surface area contributed by atoms with E-state index in [1.54, 1.807) is 41.6 Å². The number of likely N-dealkylation sites (tertiary alicyclic amines) is 1. The van der Waals surface area contributed by atoms with E-state index in [9.17, 15) is 9.59 Å².